The van der Waals surface area contributed by atoms with Gasteiger partial charge in [0.2, 0.25) is 0 Å². The minimum Gasteiger partial charge on any atom is -0.497 e. The Bertz CT molecular complexity index is 1210. The van der Waals surface area contributed by atoms with Crippen LogP contribution in [0.15, 0.2) is 79.3 Å². The van der Waals surface area contributed by atoms with Gasteiger partial charge in [-0.05, 0) is 48.0 Å². The van der Waals surface area contributed by atoms with Crippen LogP contribution in [0.2, 0.25) is 0 Å². The van der Waals surface area contributed by atoms with E-state index in [4.69, 9.17) is 14.6 Å². The monoisotopic (exact) mass is 428 g/mol. The van der Waals surface area contributed by atoms with Crippen molar-refractivity contribution in [1.29, 1.82) is 0 Å². The summed E-state index contributed by atoms with van der Waals surface area (Å²) in [5.74, 6) is 1.11. The molecule has 4 aromatic rings. The van der Waals surface area contributed by atoms with Gasteiger partial charge in [-0.1, -0.05) is 18.2 Å². The maximum atomic E-state index is 13.5. The van der Waals surface area contributed by atoms with Crippen molar-refractivity contribution >= 4 is 5.91 Å². The first-order chi connectivity index (χ1) is 15.6. The van der Waals surface area contributed by atoms with Gasteiger partial charge in [0.25, 0.3) is 5.91 Å². The van der Waals surface area contributed by atoms with Gasteiger partial charge in [-0.2, -0.15) is 5.10 Å². The summed E-state index contributed by atoms with van der Waals surface area (Å²) in [6.07, 6.45) is 5.19. The summed E-state index contributed by atoms with van der Waals surface area (Å²) in [5.41, 5.74) is 3.52. The molecule has 0 radical (unpaired) electrons. The van der Waals surface area contributed by atoms with Crippen LogP contribution >= 0.6 is 0 Å². The van der Waals surface area contributed by atoms with Gasteiger partial charge in [-0.15, -0.1) is 0 Å². The lowest BCUT2D eigenvalue weighted by atomic mass is 10.1. The molecule has 0 atom stereocenters. The maximum absolute atomic E-state index is 13.5. The topological polar surface area (TPSA) is 69.5 Å². The van der Waals surface area contributed by atoms with E-state index in [0.717, 1.165) is 11.3 Å². The number of benzene rings is 2. The summed E-state index contributed by atoms with van der Waals surface area (Å²) in [7, 11) is 4.97. The predicted molar refractivity (Wildman–Crippen MR) is 122 cm³/mol. The van der Waals surface area contributed by atoms with Gasteiger partial charge in [0, 0.05) is 37.7 Å². The van der Waals surface area contributed by atoms with E-state index < -0.39 is 0 Å². The fourth-order valence-corrected chi connectivity index (χ4v) is 3.48. The van der Waals surface area contributed by atoms with Crippen LogP contribution in [0.25, 0.3) is 16.9 Å². The number of rotatable bonds is 7. The number of methoxy groups -OCH3 is 2. The van der Waals surface area contributed by atoms with Gasteiger partial charge < -0.3 is 14.4 Å². The lowest BCUT2D eigenvalue weighted by Crippen LogP contribution is -2.26. The zero-order valence-corrected chi connectivity index (χ0v) is 18.2. The Morgan fingerprint density at radius 3 is 2.44 bits per heavy atom. The number of amides is 1. The van der Waals surface area contributed by atoms with E-state index in [1.165, 1.54) is 0 Å². The number of pyridine rings is 1. The number of ether oxygens (including phenoxy) is 2. The Balaban J connectivity index is 1.81. The summed E-state index contributed by atoms with van der Waals surface area (Å²) in [6, 6.07) is 18.9. The molecule has 0 spiro atoms. The Labute approximate surface area is 186 Å². The molecule has 7 nitrogen and oxygen atoms in total. The molecule has 2 heterocycles. The van der Waals surface area contributed by atoms with Crippen LogP contribution in [0, 0.1) is 0 Å². The number of carbonyl (C=O) groups excluding carboxylic acids is 1. The average Bonchev–Trinajstić information content (AvgIpc) is 3.29. The molecule has 162 valence electrons. The second-order valence-electron chi connectivity index (χ2n) is 7.25. The molecule has 0 unspecified atom stereocenters. The summed E-state index contributed by atoms with van der Waals surface area (Å²) >= 11 is 0. The highest BCUT2D eigenvalue weighted by molar-refractivity contribution is 6.00. The third kappa shape index (κ3) is 4.32. The standard InChI is InChI=1S/C25H24N4O3/c1-28(16-18-11-13-26-14-12-18)25(30)22-17-29(19-7-5-4-6-8-19)27-24(22)21-15-20(31-2)9-10-23(21)32-3/h4-15,17H,16H2,1-3H3. The van der Waals surface area contributed by atoms with Crippen LogP contribution in [-0.2, 0) is 6.54 Å². The first kappa shape index (κ1) is 21.1. The van der Waals surface area contributed by atoms with E-state index in [2.05, 4.69) is 4.98 Å². The Morgan fingerprint density at radius 2 is 1.75 bits per heavy atom. The van der Waals surface area contributed by atoms with Crippen LogP contribution in [-0.4, -0.2) is 46.8 Å². The lowest BCUT2D eigenvalue weighted by molar-refractivity contribution is 0.0786. The van der Waals surface area contributed by atoms with E-state index in [-0.39, 0.29) is 5.91 Å². The zero-order valence-electron chi connectivity index (χ0n) is 18.2. The van der Waals surface area contributed by atoms with Crippen LogP contribution in [0.3, 0.4) is 0 Å². The van der Waals surface area contributed by atoms with E-state index in [0.29, 0.717) is 34.9 Å². The van der Waals surface area contributed by atoms with Crippen molar-refractivity contribution < 1.29 is 14.3 Å². The fraction of sp³-hybridized carbons (Fsp3) is 0.160. The van der Waals surface area contributed by atoms with E-state index in [1.807, 2.05) is 60.7 Å². The van der Waals surface area contributed by atoms with E-state index >= 15 is 0 Å². The Morgan fingerprint density at radius 1 is 1.00 bits per heavy atom. The zero-order chi connectivity index (χ0) is 22.5. The second-order valence-corrected chi connectivity index (χ2v) is 7.25. The second kappa shape index (κ2) is 9.34. The fourth-order valence-electron chi connectivity index (χ4n) is 3.48. The normalized spacial score (nSPS) is 10.6. The van der Waals surface area contributed by atoms with Crippen LogP contribution in [0.1, 0.15) is 15.9 Å². The number of para-hydroxylation sites is 1. The van der Waals surface area contributed by atoms with E-state index in [1.54, 1.807) is 49.4 Å². The van der Waals surface area contributed by atoms with Crippen LogP contribution in [0.5, 0.6) is 11.5 Å². The summed E-state index contributed by atoms with van der Waals surface area (Å²) in [4.78, 5) is 19.2. The molecule has 0 fully saturated rings. The largest absolute Gasteiger partial charge is 0.497 e. The quantitative estimate of drug-likeness (QED) is 0.441. The first-order valence-corrected chi connectivity index (χ1v) is 10.1. The highest BCUT2D eigenvalue weighted by Gasteiger charge is 2.24. The molecule has 0 saturated carbocycles. The van der Waals surface area contributed by atoms with Crippen molar-refractivity contribution in [2.75, 3.05) is 21.3 Å². The van der Waals surface area contributed by atoms with Crippen molar-refractivity contribution in [1.82, 2.24) is 19.7 Å². The van der Waals surface area contributed by atoms with Crippen LogP contribution in [0.4, 0.5) is 0 Å². The van der Waals surface area contributed by atoms with Crippen molar-refractivity contribution in [2.45, 2.75) is 6.54 Å². The molecule has 0 aliphatic heterocycles. The average molecular weight is 428 g/mol. The summed E-state index contributed by atoms with van der Waals surface area (Å²) in [5, 5.41) is 4.77. The molecule has 0 bridgehead atoms. The highest BCUT2D eigenvalue weighted by Crippen LogP contribution is 2.35. The van der Waals surface area contributed by atoms with E-state index in [9.17, 15) is 4.79 Å². The third-order valence-electron chi connectivity index (χ3n) is 5.14. The number of carbonyl (C=O) groups is 1. The molecular weight excluding hydrogens is 404 g/mol. The van der Waals surface area contributed by atoms with Gasteiger partial charge >= 0.3 is 0 Å². The molecule has 2 aromatic carbocycles. The number of hydrogen-bond donors (Lipinski definition) is 0. The number of hydrogen-bond acceptors (Lipinski definition) is 5. The first-order valence-electron chi connectivity index (χ1n) is 10.1. The molecule has 2 aromatic heterocycles. The molecular formula is C25H24N4O3. The third-order valence-corrected chi connectivity index (χ3v) is 5.14. The minimum atomic E-state index is -0.149. The van der Waals surface area contributed by atoms with Gasteiger partial charge in [0.15, 0.2) is 0 Å². The molecule has 1 amide bonds. The van der Waals surface area contributed by atoms with Gasteiger partial charge in [0.05, 0.1) is 25.5 Å². The van der Waals surface area contributed by atoms with Gasteiger partial charge in [-0.3, -0.25) is 9.78 Å². The van der Waals surface area contributed by atoms with Crippen molar-refractivity contribution in [3.63, 3.8) is 0 Å². The van der Waals surface area contributed by atoms with Crippen LogP contribution < -0.4 is 9.47 Å². The molecule has 7 heteroatoms. The van der Waals surface area contributed by atoms with Crippen molar-refractivity contribution in [3.8, 4) is 28.4 Å². The van der Waals surface area contributed by atoms with Crippen molar-refractivity contribution in [3.05, 3.63) is 90.4 Å². The molecule has 4 rings (SSSR count). The molecule has 32 heavy (non-hydrogen) atoms. The molecule has 0 aliphatic carbocycles. The predicted octanol–water partition coefficient (Wildman–Crippen LogP) is 4.22. The van der Waals surface area contributed by atoms with Gasteiger partial charge in [0.1, 0.15) is 17.2 Å². The number of nitrogens with zero attached hydrogens (tertiary/aromatic N) is 4. The summed E-state index contributed by atoms with van der Waals surface area (Å²) in [6.45, 7) is 0.451. The van der Waals surface area contributed by atoms with Gasteiger partial charge in [-0.25, -0.2) is 4.68 Å². The van der Waals surface area contributed by atoms with Crippen molar-refractivity contribution in [2.24, 2.45) is 0 Å². The maximum Gasteiger partial charge on any atom is 0.257 e. The lowest BCUT2D eigenvalue weighted by Gasteiger charge is -2.17. The highest BCUT2D eigenvalue weighted by atomic mass is 16.5. The smallest absolute Gasteiger partial charge is 0.257 e. The Kier molecular flexibility index (Phi) is 6.17. The summed E-state index contributed by atoms with van der Waals surface area (Å²) < 4.78 is 12.7. The molecule has 0 saturated heterocycles. The Hall–Kier alpha value is -4.13. The molecule has 0 N–H and O–H groups in total. The molecule has 0 aliphatic rings. The SMILES string of the molecule is COc1ccc(OC)c(-c2nn(-c3ccccc3)cc2C(=O)N(C)Cc2ccncc2)c1. The number of aromatic nitrogens is 3. The minimum absolute atomic E-state index is 0.149.